The number of ketones is 1. The molecule has 0 spiro atoms. The number of hydrogen-bond acceptors (Lipinski definition) is 3. The van der Waals surface area contributed by atoms with Gasteiger partial charge >= 0.3 is 0 Å². The molecule has 15 heavy (non-hydrogen) atoms. The van der Waals surface area contributed by atoms with E-state index in [1.807, 2.05) is 0 Å². The van der Waals surface area contributed by atoms with E-state index in [0.717, 1.165) is 32.2 Å². The molecule has 0 unspecified atom stereocenters. The van der Waals surface area contributed by atoms with Crippen LogP contribution in [0.15, 0.2) is 0 Å². The normalized spacial score (nSPS) is 24.5. The fraction of sp³-hybridized carbons (Fsp3) is 0.917. The number of carbonyl (C=O) groups excluding carboxylic acids is 1. The van der Waals surface area contributed by atoms with Crippen LogP contribution < -0.4 is 0 Å². The van der Waals surface area contributed by atoms with Gasteiger partial charge in [-0.3, -0.25) is 9.69 Å². The molecule has 0 atom stereocenters. The van der Waals surface area contributed by atoms with Crippen LogP contribution in [-0.4, -0.2) is 41.0 Å². The molecule has 0 aromatic heterocycles. The predicted molar refractivity (Wildman–Crippen MR) is 58.7 cm³/mol. The summed E-state index contributed by atoms with van der Waals surface area (Å²) in [6.45, 7) is 1.05. The highest BCUT2D eigenvalue weighted by molar-refractivity contribution is 5.79. The molecule has 2 aliphatic carbocycles. The molecule has 0 heterocycles. The molecule has 0 amide bonds. The van der Waals surface area contributed by atoms with Crippen molar-refractivity contribution < 1.29 is 9.90 Å². The maximum Gasteiger partial charge on any atom is 0.133 e. The molecular weight excluding hydrogens is 190 g/mol. The highest BCUT2D eigenvalue weighted by Crippen LogP contribution is 2.30. The largest absolute Gasteiger partial charge is 0.395 e. The maximum absolute atomic E-state index is 11.2. The van der Waals surface area contributed by atoms with Crippen LogP contribution in [0, 0.1) is 0 Å². The monoisotopic (exact) mass is 211 g/mol. The SMILES string of the molecule is O=C1CCC(N(CCO)C2CCC2)CC1. The van der Waals surface area contributed by atoms with Gasteiger partial charge < -0.3 is 5.11 Å². The minimum Gasteiger partial charge on any atom is -0.395 e. The summed E-state index contributed by atoms with van der Waals surface area (Å²) in [5.74, 6) is 0.420. The summed E-state index contributed by atoms with van der Waals surface area (Å²) in [4.78, 5) is 13.6. The molecule has 86 valence electrons. The Morgan fingerprint density at radius 3 is 2.20 bits per heavy atom. The Bertz CT molecular complexity index is 216. The molecule has 0 aliphatic heterocycles. The minimum atomic E-state index is 0.251. The van der Waals surface area contributed by atoms with Crippen LogP contribution in [0.2, 0.25) is 0 Å². The first-order valence-electron chi connectivity index (χ1n) is 6.19. The lowest BCUT2D eigenvalue weighted by atomic mass is 9.86. The van der Waals surface area contributed by atoms with Crippen LogP contribution >= 0.6 is 0 Å². The van der Waals surface area contributed by atoms with Crippen LogP contribution in [0.5, 0.6) is 0 Å². The van der Waals surface area contributed by atoms with E-state index in [9.17, 15) is 4.79 Å². The topological polar surface area (TPSA) is 40.5 Å². The third kappa shape index (κ3) is 2.58. The van der Waals surface area contributed by atoms with E-state index >= 15 is 0 Å². The molecule has 2 saturated carbocycles. The van der Waals surface area contributed by atoms with Gasteiger partial charge in [-0.1, -0.05) is 6.42 Å². The fourth-order valence-corrected chi connectivity index (χ4v) is 2.75. The second-order valence-corrected chi connectivity index (χ2v) is 4.82. The van der Waals surface area contributed by atoms with Gasteiger partial charge in [0.25, 0.3) is 0 Å². The van der Waals surface area contributed by atoms with Crippen molar-refractivity contribution in [3.8, 4) is 0 Å². The Morgan fingerprint density at radius 2 is 1.73 bits per heavy atom. The highest BCUT2D eigenvalue weighted by Gasteiger charge is 2.32. The third-order valence-electron chi connectivity index (χ3n) is 3.88. The molecule has 0 aromatic carbocycles. The standard InChI is InChI=1S/C12H21NO2/c14-9-8-13(10-2-1-3-10)11-4-6-12(15)7-5-11/h10-11,14H,1-9H2. The summed E-state index contributed by atoms with van der Waals surface area (Å²) in [5, 5.41) is 9.08. The van der Waals surface area contributed by atoms with Crippen LogP contribution in [0.3, 0.4) is 0 Å². The fourth-order valence-electron chi connectivity index (χ4n) is 2.75. The first-order valence-corrected chi connectivity index (χ1v) is 6.19. The van der Waals surface area contributed by atoms with Crippen molar-refractivity contribution in [2.75, 3.05) is 13.2 Å². The predicted octanol–water partition coefficient (Wildman–Crippen LogP) is 1.34. The number of hydrogen-bond donors (Lipinski definition) is 1. The Kier molecular flexibility index (Phi) is 3.76. The molecule has 3 heteroatoms. The van der Waals surface area contributed by atoms with Crippen LogP contribution in [0.4, 0.5) is 0 Å². The zero-order valence-corrected chi connectivity index (χ0v) is 9.32. The Labute approximate surface area is 91.5 Å². The number of nitrogens with zero attached hydrogens (tertiary/aromatic N) is 1. The smallest absolute Gasteiger partial charge is 0.133 e. The van der Waals surface area contributed by atoms with Crippen molar-refractivity contribution in [3.05, 3.63) is 0 Å². The van der Waals surface area contributed by atoms with Crippen molar-refractivity contribution >= 4 is 5.78 Å². The van der Waals surface area contributed by atoms with E-state index in [4.69, 9.17) is 5.11 Å². The first kappa shape index (κ1) is 11.1. The highest BCUT2D eigenvalue weighted by atomic mass is 16.3. The number of rotatable bonds is 4. The quantitative estimate of drug-likeness (QED) is 0.763. The van der Waals surface area contributed by atoms with E-state index in [1.165, 1.54) is 19.3 Å². The molecule has 0 saturated heterocycles. The molecule has 2 aliphatic rings. The van der Waals surface area contributed by atoms with Crippen molar-refractivity contribution in [1.29, 1.82) is 0 Å². The molecule has 3 nitrogen and oxygen atoms in total. The average Bonchev–Trinajstić information content (AvgIpc) is 2.16. The Morgan fingerprint density at radius 1 is 1.13 bits per heavy atom. The molecule has 1 N–H and O–H groups in total. The lowest BCUT2D eigenvalue weighted by molar-refractivity contribution is -0.121. The van der Waals surface area contributed by atoms with Gasteiger partial charge in [-0.2, -0.15) is 0 Å². The lowest BCUT2D eigenvalue weighted by Crippen LogP contribution is -2.49. The van der Waals surface area contributed by atoms with Crippen LogP contribution in [0.1, 0.15) is 44.9 Å². The number of aliphatic hydroxyl groups excluding tert-OH is 1. The van der Waals surface area contributed by atoms with Gasteiger partial charge in [0, 0.05) is 31.5 Å². The number of aliphatic hydroxyl groups is 1. The van der Waals surface area contributed by atoms with Gasteiger partial charge in [0.05, 0.1) is 6.61 Å². The zero-order valence-electron chi connectivity index (χ0n) is 9.32. The maximum atomic E-state index is 11.2. The van der Waals surface area contributed by atoms with Crippen molar-refractivity contribution in [1.82, 2.24) is 4.90 Å². The van der Waals surface area contributed by atoms with Crippen molar-refractivity contribution in [2.45, 2.75) is 57.0 Å². The summed E-state index contributed by atoms with van der Waals surface area (Å²) in [6, 6.07) is 1.25. The van der Waals surface area contributed by atoms with Gasteiger partial charge in [-0.05, 0) is 25.7 Å². The summed E-state index contributed by atoms with van der Waals surface area (Å²) < 4.78 is 0. The molecule has 2 rings (SSSR count). The summed E-state index contributed by atoms with van der Waals surface area (Å²) >= 11 is 0. The molecule has 0 radical (unpaired) electrons. The van der Waals surface area contributed by atoms with Gasteiger partial charge in [0.2, 0.25) is 0 Å². The first-order chi connectivity index (χ1) is 7.31. The van der Waals surface area contributed by atoms with Gasteiger partial charge in [-0.25, -0.2) is 0 Å². The molecular formula is C12H21NO2. The van der Waals surface area contributed by atoms with E-state index in [-0.39, 0.29) is 6.61 Å². The number of carbonyl (C=O) groups is 1. The van der Waals surface area contributed by atoms with Gasteiger partial charge in [0.15, 0.2) is 0 Å². The second-order valence-electron chi connectivity index (χ2n) is 4.82. The minimum absolute atomic E-state index is 0.251. The second kappa shape index (κ2) is 5.08. The van der Waals surface area contributed by atoms with Crippen molar-refractivity contribution in [3.63, 3.8) is 0 Å². The van der Waals surface area contributed by atoms with Crippen LogP contribution in [-0.2, 0) is 4.79 Å². The summed E-state index contributed by atoms with van der Waals surface area (Å²) in [6.07, 6.45) is 7.41. The summed E-state index contributed by atoms with van der Waals surface area (Å²) in [5.41, 5.74) is 0. The van der Waals surface area contributed by atoms with E-state index in [0.29, 0.717) is 17.9 Å². The Hall–Kier alpha value is -0.410. The Balaban J connectivity index is 1.88. The summed E-state index contributed by atoms with van der Waals surface area (Å²) in [7, 11) is 0. The zero-order chi connectivity index (χ0) is 10.7. The third-order valence-corrected chi connectivity index (χ3v) is 3.88. The molecule has 0 bridgehead atoms. The molecule has 0 aromatic rings. The van der Waals surface area contributed by atoms with Crippen LogP contribution in [0.25, 0.3) is 0 Å². The van der Waals surface area contributed by atoms with E-state index < -0.39 is 0 Å². The molecule has 2 fully saturated rings. The van der Waals surface area contributed by atoms with Gasteiger partial charge in [0.1, 0.15) is 5.78 Å². The van der Waals surface area contributed by atoms with E-state index in [2.05, 4.69) is 4.90 Å². The van der Waals surface area contributed by atoms with Gasteiger partial charge in [-0.15, -0.1) is 0 Å². The lowest BCUT2D eigenvalue weighted by Gasteiger charge is -2.43. The average molecular weight is 211 g/mol. The van der Waals surface area contributed by atoms with E-state index in [1.54, 1.807) is 0 Å². The van der Waals surface area contributed by atoms with Crippen molar-refractivity contribution in [2.24, 2.45) is 0 Å². The number of Topliss-reactive ketones (excluding diaryl/α,β-unsaturated/α-hetero) is 1.